The number of hydrogen-bond acceptors (Lipinski definition) is 5. The summed E-state index contributed by atoms with van der Waals surface area (Å²) in [5.74, 6) is -1.11. The second-order valence-corrected chi connectivity index (χ2v) is 7.07. The van der Waals surface area contributed by atoms with Crippen molar-refractivity contribution in [3.63, 3.8) is 0 Å². The minimum atomic E-state index is -0.697. The van der Waals surface area contributed by atoms with Crippen LogP contribution in [0.3, 0.4) is 0 Å². The Hall–Kier alpha value is -3.29. The molecular formula is C20H11Cl2N3O4. The van der Waals surface area contributed by atoms with Crippen LogP contribution < -0.4 is 10.9 Å². The zero-order valence-corrected chi connectivity index (χ0v) is 16.1. The van der Waals surface area contributed by atoms with E-state index in [2.05, 4.69) is 10.4 Å². The van der Waals surface area contributed by atoms with E-state index in [1.54, 1.807) is 24.3 Å². The quantitative estimate of drug-likeness (QED) is 0.541. The van der Waals surface area contributed by atoms with Crippen molar-refractivity contribution in [3.05, 3.63) is 91.3 Å². The van der Waals surface area contributed by atoms with Crippen molar-refractivity contribution in [2.75, 3.05) is 5.32 Å². The highest BCUT2D eigenvalue weighted by atomic mass is 35.5. The predicted octanol–water partition coefficient (Wildman–Crippen LogP) is 2.96. The van der Waals surface area contributed by atoms with E-state index in [-0.39, 0.29) is 32.7 Å². The number of fused-ring (bicyclic) bond motifs is 2. The molecule has 29 heavy (non-hydrogen) atoms. The van der Waals surface area contributed by atoms with Crippen LogP contribution in [0.2, 0.25) is 10.0 Å². The topological polar surface area (TPSA) is 98.1 Å². The Morgan fingerprint density at radius 2 is 1.55 bits per heavy atom. The molecule has 1 aliphatic rings. The lowest BCUT2D eigenvalue weighted by atomic mass is 9.84. The van der Waals surface area contributed by atoms with E-state index in [0.29, 0.717) is 16.8 Å². The maximum atomic E-state index is 12.7. The number of nitrogens with zero attached hydrogens (tertiary/aromatic N) is 2. The van der Waals surface area contributed by atoms with Gasteiger partial charge < -0.3 is 5.32 Å². The highest BCUT2D eigenvalue weighted by molar-refractivity contribution is 6.41. The maximum Gasteiger partial charge on any atom is 0.287 e. The van der Waals surface area contributed by atoms with Crippen LogP contribution in [-0.2, 0) is 11.3 Å². The van der Waals surface area contributed by atoms with Gasteiger partial charge in [0.15, 0.2) is 11.6 Å². The molecule has 7 nitrogen and oxygen atoms in total. The van der Waals surface area contributed by atoms with Gasteiger partial charge in [-0.15, -0.1) is 0 Å². The number of carbonyl (C=O) groups excluding carboxylic acids is 3. The molecule has 144 valence electrons. The number of ketones is 2. The van der Waals surface area contributed by atoms with Crippen molar-refractivity contribution in [2.45, 2.75) is 6.54 Å². The molecule has 1 aliphatic carbocycles. The summed E-state index contributed by atoms with van der Waals surface area (Å²) >= 11 is 11.5. The van der Waals surface area contributed by atoms with Crippen LogP contribution in [0.1, 0.15) is 31.8 Å². The SMILES string of the molecule is O=C(Cn1ncc(Cl)c(Cl)c1=O)Nc1ccc2c(c1)C(=O)c1ccccc1C2=O. The van der Waals surface area contributed by atoms with E-state index < -0.39 is 18.0 Å². The summed E-state index contributed by atoms with van der Waals surface area (Å²) in [6, 6.07) is 11.0. The fourth-order valence-electron chi connectivity index (χ4n) is 3.07. The first-order valence-electron chi connectivity index (χ1n) is 8.40. The molecule has 0 atom stereocenters. The summed E-state index contributed by atoms with van der Waals surface area (Å²) in [5.41, 5.74) is 0.761. The van der Waals surface area contributed by atoms with E-state index in [9.17, 15) is 19.2 Å². The van der Waals surface area contributed by atoms with Crippen LogP contribution in [0.4, 0.5) is 5.69 Å². The first kappa shape index (κ1) is 19.0. The van der Waals surface area contributed by atoms with Crippen LogP contribution in [0.25, 0.3) is 0 Å². The molecular weight excluding hydrogens is 417 g/mol. The lowest BCUT2D eigenvalue weighted by Crippen LogP contribution is -2.30. The predicted molar refractivity (Wildman–Crippen MR) is 107 cm³/mol. The molecule has 1 aromatic heterocycles. The van der Waals surface area contributed by atoms with Crippen molar-refractivity contribution in [2.24, 2.45) is 0 Å². The minimum Gasteiger partial charge on any atom is -0.324 e. The highest BCUT2D eigenvalue weighted by Crippen LogP contribution is 2.29. The van der Waals surface area contributed by atoms with E-state index in [4.69, 9.17) is 23.2 Å². The van der Waals surface area contributed by atoms with Gasteiger partial charge in [0.2, 0.25) is 5.91 Å². The number of nitrogens with one attached hydrogen (secondary N) is 1. The summed E-state index contributed by atoms with van der Waals surface area (Å²) in [6.07, 6.45) is 1.17. The van der Waals surface area contributed by atoms with Gasteiger partial charge in [-0.2, -0.15) is 5.10 Å². The number of benzene rings is 2. The third-order valence-corrected chi connectivity index (χ3v) is 5.19. The molecule has 0 aliphatic heterocycles. The molecule has 0 spiro atoms. The number of aromatic nitrogens is 2. The van der Waals surface area contributed by atoms with Gasteiger partial charge in [-0.3, -0.25) is 19.2 Å². The van der Waals surface area contributed by atoms with Crippen LogP contribution in [0.5, 0.6) is 0 Å². The first-order chi connectivity index (χ1) is 13.9. The molecule has 0 saturated heterocycles. The Kier molecular flexibility index (Phi) is 4.77. The molecule has 0 radical (unpaired) electrons. The van der Waals surface area contributed by atoms with Crippen molar-refractivity contribution in [1.82, 2.24) is 9.78 Å². The van der Waals surface area contributed by atoms with Gasteiger partial charge in [-0.25, -0.2) is 4.68 Å². The van der Waals surface area contributed by atoms with Gasteiger partial charge in [-0.1, -0.05) is 47.5 Å². The smallest absolute Gasteiger partial charge is 0.287 e. The standard InChI is InChI=1S/C20H11Cl2N3O4/c21-15-8-23-25(20(29)17(15)22)9-16(26)24-10-5-6-13-14(7-10)19(28)12-4-2-1-3-11(12)18(13)27/h1-8H,9H2,(H,24,26). The van der Waals surface area contributed by atoms with E-state index in [1.807, 2.05) is 0 Å². The number of amides is 1. The second-order valence-electron chi connectivity index (χ2n) is 6.28. The Morgan fingerprint density at radius 3 is 2.24 bits per heavy atom. The van der Waals surface area contributed by atoms with Crippen LogP contribution in [0, 0.1) is 0 Å². The summed E-state index contributed by atoms with van der Waals surface area (Å²) in [5, 5.41) is 6.11. The van der Waals surface area contributed by atoms with E-state index >= 15 is 0 Å². The molecule has 2 aromatic carbocycles. The van der Waals surface area contributed by atoms with Gasteiger partial charge in [0.25, 0.3) is 5.56 Å². The molecule has 0 saturated carbocycles. The van der Waals surface area contributed by atoms with Gasteiger partial charge >= 0.3 is 0 Å². The van der Waals surface area contributed by atoms with Gasteiger partial charge in [0.05, 0.1) is 11.2 Å². The molecule has 0 fully saturated rings. The van der Waals surface area contributed by atoms with Crippen molar-refractivity contribution in [3.8, 4) is 0 Å². The number of carbonyl (C=O) groups is 3. The number of hydrogen-bond donors (Lipinski definition) is 1. The fraction of sp³-hybridized carbons (Fsp3) is 0.0500. The van der Waals surface area contributed by atoms with E-state index in [1.165, 1.54) is 24.4 Å². The monoisotopic (exact) mass is 427 g/mol. The number of anilines is 1. The van der Waals surface area contributed by atoms with Gasteiger partial charge in [0.1, 0.15) is 11.6 Å². The van der Waals surface area contributed by atoms with Crippen molar-refractivity contribution in [1.29, 1.82) is 0 Å². The Labute approximate surface area is 173 Å². The zero-order chi connectivity index (χ0) is 20.7. The molecule has 9 heteroatoms. The molecule has 0 unspecified atom stereocenters. The zero-order valence-electron chi connectivity index (χ0n) is 14.6. The summed E-state index contributed by atoms with van der Waals surface area (Å²) in [7, 11) is 0. The molecule has 4 rings (SSSR count). The van der Waals surface area contributed by atoms with Crippen LogP contribution in [0.15, 0.2) is 53.5 Å². The fourth-order valence-corrected chi connectivity index (χ4v) is 3.34. The van der Waals surface area contributed by atoms with Gasteiger partial charge in [-0.05, 0) is 18.2 Å². The number of halogens is 2. The average molecular weight is 428 g/mol. The Balaban J connectivity index is 1.59. The minimum absolute atomic E-state index is 0.00790. The maximum absolute atomic E-state index is 12.7. The highest BCUT2D eigenvalue weighted by Gasteiger charge is 2.29. The van der Waals surface area contributed by atoms with E-state index in [0.717, 1.165) is 4.68 Å². The average Bonchev–Trinajstić information content (AvgIpc) is 2.72. The lowest BCUT2D eigenvalue weighted by Gasteiger charge is -2.18. The number of rotatable bonds is 3. The third kappa shape index (κ3) is 3.35. The first-order valence-corrected chi connectivity index (χ1v) is 9.16. The lowest BCUT2D eigenvalue weighted by molar-refractivity contribution is -0.117. The van der Waals surface area contributed by atoms with Crippen LogP contribution >= 0.6 is 23.2 Å². The Morgan fingerprint density at radius 1 is 0.931 bits per heavy atom. The normalized spacial score (nSPS) is 12.3. The summed E-state index contributed by atoms with van der Waals surface area (Å²) in [4.78, 5) is 49.7. The molecule has 3 aromatic rings. The molecule has 1 N–H and O–H groups in total. The summed E-state index contributed by atoms with van der Waals surface area (Å²) in [6.45, 7) is -0.400. The largest absolute Gasteiger partial charge is 0.324 e. The van der Waals surface area contributed by atoms with Crippen molar-refractivity contribution >= 4 is 46.4 Å². The second kappa shape index (κ2) is 7.27. The summed E-state index contributed by atoms with van der Waals surface area (Å²) < 4.78 is 0.868. The van der Waals surface area contributed by atoms with Gasteiger partial charge in [0, 0.05) is 27.9 Å². The van der Waals surface area contributed by atoms with Crippen molar-refractivity contribution < 1.29 is 14.4 Å². The molecule has 0 bridgehead atoms. The molecule has 1 amide bonds. The van der Waals surface area contributed by atoms with Crippen LogP contribution in [-0.4, -0.2) is 27.3 Å². The molecule has 1 heterocycles. The Bertz CT molecular complexity index is 1270. The third-order valence-electron chi connectivity index (χ3n) is 4.44.